The number of imidazole rings is 1. The van der Waals surface area contributed by atoms with Crippen LogP contribution in [-0.4, -0.2) is 62.2 Å². The van der Waals surface area contributed by atoms with E-state index < -0.39 is 0 Å². The van der Waals surface area contributed by atoms with Crippen molar-refractivity contribution in [1.29, 1.82) is 0 Å². The fraction of sp³-hybridized carbons (Fsp3) is 0.471. The van der Waals surface area contributed by atoms with Crippen molar-refractivity contribution in [2.45, 2.75) is 24.8 Å². The smallest absolute Gasteiger partial charge is 0.182 e. The molecule has 0 aromatic carbocycles. The maximum Gasteiger partial charge on any atom is 0.182 e. The molecular formula is C17H20N8O. The first kappa shape index (κ1) is 15.4. The number of hydrogen-bond acceptors (Lipinski definition) is 8. The van der Waals surface area contributed by atoms with E-state index in [1.54, 1.807) is 19.0 Å². The Morgan fingerprint density at radius 1 is 1.04 bits per heavy atom. The van der Waals surface area contributed by atoms with Crippen LogP contribution in [0.1, 0.15) is 24.5 Å². The summed E-state index contributed by atoms with van der Waals surface area (Å²) in [6.45, 7) is 3.30. The topological polar surface area (TPSA) is 105 Å². The molecule has 0 atom stereocenters. The summed E-state index contributed by atoms with van der Waals surface area (Å²) in [6.07, 6.45) is 6.92. The Kier molecular flexibility index (Phi) is 3.85. The Bertz CT molecular complexity index is 900. The maximum atomic E-state index is 5.42. The predicted molar refractivity (Wildman–Crippen MR) is 96.1 cm³/mol. The van der Waals surface area contributed by atoms with Crippen molar-refractivity contribution in [3.05, 3.63) is 30.7 Å². The van der Waals surface area contributed by atoms with Crippen LogP contribution in [0.5, 0.6) is 0 Å². The second-order valence-corrected chi connectivity index (χ2v) is 6.73. The van der Waals surface area contributed by atoms with Gasteiger partial charge in [-0.3, -0.25) is 0 Å². The first-order chi connectivity index (χ1) is 12.9. The van der Waals surface area contributed by atoms with E-state index in [1.165, 1.54) is 0 Å². The van der Waals surface area contributed by atoms with Gasteiger partial charge < -0.3 is 19.9 Å². The molecule has 2 fully saturated rings. The van der Waals surface area contributed by atoms with Gasteiger partial charge in [0.1, 0.15) is 24.0 Å². The summed E-state index contributed by atoms with van der Waals surface area (Å²) in [5.74, 6) is 2.27. The van der Waals surface area contributed by atoms with Gasteiger partial charge in [-0.1, -0.05) is 0 Å². The molecule has 0 unspecified atom stereocenters. The van der Waals surface area contributed by atoms with Gasteiger partial charge in [0.2, 0.25) is 0 Å². The molecule has 134 valence electrons. The van der Waals surface area contributed by atoms with Gasteiger partial charge in [0.25, 0.3) is 0 Å². The van der Waals surface area contributed by atoms with E-state index in [-0.39, 0.29) is 0 Å². The number of morpholine rings is 1. The molecule has 0 bridgehead atoms. The number of H-pyrrole nitrogens is 1. The molecule has 2 aliphatic rings. The zero-order valence-corrected chi connectivity index (χ0v) is 14.3. The summed E-state index contributed by atoms with van der Waals surface area (Å²) in [7, 11) is 0. The summed E-state index contributed by atoms with van der Waals surface area (Å²) < 4.78 is 5.42. The van der Waals surface area contributed by atoms with Crippen LogP contribution >= 0.6 is 0 Å². The van der Waals surface area contributed by atoms with Crippen LogP contribution in [0.3, 0.4) is 0 Å². The molecule has 9 nitrogen and oxygen atoms in total. The van der Waals surface area contributed by atoms with Gasteiger partial charge in [0.15, 0.2) is 11.5 Å². The Hall–Kier alpha value is -2.81. The highest BCUT2D eigenvalue weighted by Gasteiger charge is 2.32. The molecule has 0 amide bonds. The second-order valence-electron chi connectivity index (χ2n) is 6.73. The van der Waals surface area contributed by atoms with Crippen LogP contribution < -0.4 is 10.2 Å². The lowest BCUT2D eigenvalue weighted by Gasteiger charge is -2.36. The first-order valence-electron chi connectivity index (χ1n) is 8.92. The third-order valence-corrected chi connectivity index (χ3v) is 5.13. The van der Waals surface area contributed by atoms with Gasteiger partial charge in [-0.15, -0.1) is 0 Å². The molecule has 1 saturated heterocycles. The Labute approximate surface area is 150 Å². The third kappa shape index (κ3) is 2.84. The van der Waals surface area contributed by atoms with Crippen LogP contribution in [0.2, 0.25) is 0 Å². The Morgan fingerprint density at radius 2 is 1.88 bits per heavy atom. The average molecular weight is 352 g/mol. The van der Waals surface area contributed by atoms with Crippen LogP contribution in [-0.2, 0) is 4.74 Å². The van der Waals surface area contributed by atoms with Crippen molar-refractivity contribution in [1.82, 2.24) is 29.9 Å². The summed E-state index contributed by atoms with van der Waals surface area (Å²) in [4.78, 5) is 26.9. The quantitative estimate of drug-likeness (QED) is 0.725. The van der Waals surface area contributed by atoms with Crippen LogP contribution in [0.15, 0.2) is 25.0 Å². The van der Waals surface area contributed by atoms with Crippen molar-refractivity contribution >= 4 is 22.8 Å². The number of hydrogen-bond donors (Lipinski definition) is 2. The van der Waals surface area contributed by atoms with Gasteiger partial charge in [-0.2, -0.15) is 0 Å². The van der Waals surface area contributed by atoms with Crippen molar-refractivity contribution in [2.75, 3.05) is 36.5 Å². The van der Waals surface area contributed by atoms with E-state index in [1.807, 2.05) is 0 Å². The fourth-order valence-corrected chi connectivity index (χ4v) is 3.60. The normalized spacial score (nSPS) is 23.0. The Morgan fingerprint density at radius 3 is 2.77 bits per heavy atom. The molecule has 1 aliphatic carbocycles. The number of aromatic amines is 1. The molecule has 2 N–H and O–H groups in total. The van der Waals surface area contributed by atoms with Crippen molar-refractivity contribution in [3.63, 3.8) is 0 Å². The zero-order chi connectivity index (χ0) is 17.3. The van der Waals surface area contributed by atoms with Gasteiger partial charge in [0, 0.05) is 36.8 Å². The van der Waals surface area contributed by atoms with E-state index in [0.717, 1.165) is 62.0 Å². The Balaban J connectivity index is 1.25. The predicted octanol–water partition coefficient (Wildman–Crippen LogP) is 1.34. The number of nitrogens with one attached hydrogen (secondary N) is 2. The molecule has 4 heterocycles. The highest BCUT2D eigenvalue weighted by molar-refractivity contribution is 5.82. The number of ether oxygens (including phenoxy) is 1. The van der Waals surface area contributed by atoms with Crippen molar-refractivity contribution < 1.29 is 4.74 Å². The third-order valence-electron chi connectivity index (χ3n) is 5.13. The van der Waals surface area contributed by atoms with Gasteiger partial charge >= 0.3 is 0 Å². The van der Waals surface area contributed by atoms with Crippen molar-refractivity contribution in [2.24, 2.45) is 0 Å². The molecule has 3 aromatic rings. The lowest BCUT2D eigenvalue weighted by Crippen LogP contribution is -2.37. The number of nitrogens with zero attached hydrogens (tertiary/aromatic N) is 6. The van der Waals surface area contributed by atoms with Crippen LogP contribution in [0.4, 0.5) is 11.6 Å². The first-order valence-corrected chi connectivity index (χ1v) is 8.92. The second kappa shape index (κ2) is 6.49. The summed E-state index contributed by atoms with van der Waals surface area (Å²) in [6, 6.07) is 2.51. The number of rotatable bonds is 4. The van der Waals surface area contributed by atoms with Crippen LogP contribution in [0.25, 0.3) is 11.2 Å². The molecule has 3 aromatic heterocycles. The minimum atomic E-state index is 0.378. The minimum Gasteiger partial charge on any atom is -0.378 e. The molecule has 0 radical (unpaired) electrons. The highest BCUT2D eigenvalue weighted by Crippen LogP contribution is 2.38. The summed E-state index contributed by atoms with van der Waals surface area (Å²) in [5.41, 5.74) is 2.66. The highest BCUT2D eigenvalue weighted by atomic mass is 16.5. The standard InChI is InChI=1S/C17H20N8O/c1-3-26-4-2-25(1)14-7-13(18-8-19-14)11-5-12(6-11)24-17-15-16(21-9-20-15)22-10-23-17/h7-12H,1-6H2,(H2,20,21,22,23,24). The maximum absolute atomic E-state index is 5.42. The molecule has 0 spiro atoms. The average Bonchev–Trinajstić information content (AvgIpc) is 3.15. The number of aromatic nitrogens is 6. The van der Waals surface area contributed by atoms with Gasteiger partial charge in [-0.25, -0.2) is 24.9 Å². The summed E-state index contributed by atoms with van der Waals surface area (Å²) in [5, 5.41) is 3.49. The number of anilines is 2. The molecule has 26 heavy (non-hydrogen) atoms. The van der Waals surface area contributed by atoms with Crippen molar-refractivity contribution in [3.8, 4) is 0 Å². The lowest BCUT2D eigenvalue weighted by molar-refractivity contribution is 0.122. The summed E-state index contributed by atoms with van der Waals surface area (Å²) >= 11 is 0. The van der Waals surface area contributed by atoms with E-state index in [9.17, 15) is 0 Å². The molecular weight excluding hydrogens is 332 g/mol. The SMILES string of the molecule is c1nc(C2CC(Nc3ncnc4nc[nH]c34)C2)cc(N2CCOCC2)n1. The fourth-order valence-electron chi connectivity index (χ4n) is 3.60. The molecule has 1 saturated carbocycles. The van der Waals surface area contributed by atoms with Gasteiger partial charge in [0.05, 0.1) is 19.5 Å². The van der Waals surface area contributed by atoms with E-state index in [2.05, 4.69) is 46.2 Å². The monoisotopic (exact) mass is 352 g/mol. The minimum absolute atomic E-state index is 0.378. The molecule has 9 heteroatoms. The zero-order valence-electron chi connectivity index (χ0n) is 14.3. The molecule has 5 rings (SSSR count). The molecule has 1 aliphatic heterocycles. The van der Waals surface area contributed by atoms with Crippen LogP contribution in [0, 0.1) is 0 Å². The van der Waals surface area contributed by atoms with E-state index in [4.69, 9.17) is 4.74 Å². The largest absolute Gasteiger partial charge is 0.378 e. The number of fused-ring (bicyclic) bond motifs is 1. The van der Waals surface area contributed by atoms with E-state index >= 15 is 0 Å². The lowest BCUT2D eigenvalue weighted by atomic mass is 9.78. The van der Waals surface area contributed by atoms with Gasteiger partial charge in [-0.05, 0) is 12.8 Å². The van der Waals surface area contributed by atoms with E-state index in [0.29, 0.717) is 17.6 Å².